The van der Waals surface area contributed by atoms with E-state index < -0.39 is 11.5 Å². The predicted octanol–water partition coefficient (Wildman–Crippen LogP) is 1.84. The summed E-state index contributed by atoms with van der Waals surface area (Å²) in [7, 11) is 1.66. The van der Waals surface area contributed by atoms with Crippen molar-refractivity contribution in [1.29, 1.82) is 0 Å². The average molecular weight is 243 g/mol. The van der Waals surface area contributed by atoms with Gasteiger partial charge in [0.25, 0.3) is 0 Å². The number of carboxylic acids is 1. The first-order valence-electron chi connectivity index (χ1n) is 6.40. The lowest BCUT2D eigenvalue weighted by Crippen LogP contribution is -2.56. The van der Waals surface area contributed by atoms with Crippen molar-refractivity contribution in [1.82, 2.24) is 4.90 Å². The minimum absolute atomic E-state index is 0.301. The fourth-order valence-corrected chi connectivity index (χ4v) is 2.37. The van der Waals surface area contributed by atoms with E-state index in [0.29, 0.717) is 25.0 Å². The molecule has 1 rings (SSSR count). The Hall–Kier alpha value is -0.610. The molecular formula is C13H25NO3. The van der Waals surface area contributed by atoms with Gasteiger partial charge < -0.3 is 9.84 Å². The third kappa shape index (κ3) is 3.42. The van der Waals surface area contributed by atoms with Crippen molar-refractivity contribution in [3.63, 3.8) is 0 Å². The number of rotatable bonds is 8. The van der Waals surface area contributed by atoms with Crippen molar-refractivity contribution in [3.05, 3.63) is 0 Å². The van der Waals surface area contributed by atoms with Crippen molar-refractivity contribution in [3.8, 4) is 0 Å². The van der Waals surface area contributed by atoms with Gasteiger partial charge in [0.2, 0.25) is 0 Å². The Morgan fingerprint density at radius 1 is 1.53 bits per heavy atom. The first-order chi connectivity index (χ1) is 7.92. The summed E-state index contributed by atoms with van der Waals surface area (Å²) in [6, 6.07) is 0. The fourth-order valence-electron chi connectivity index (χ4n) is 2.37. The molecule has 100 valence electrons. The zero-order chi connectivity index (χ0) is 13.1. The highest BCUT2D eigenvalue weighted by atomic mass is 16.5. The summed E-state index contributed by atoms with van der Waals surface area (Å²) >= 11 is 0. The summed E-state index contributed by atoms with van der Waals surface area (Å²) in [5.41, 5.74) is -0.719. The summed E-state index contributed by atoms with van der Waals surface area (Å²) in [6.45, 7) is 8.19. The number of carbonyl (C=O) groups is 1. The summed E-state index contributed by atoms with van der Waals surface area (Å²) in [4.78, 5) is 13.7. The topological polar surface area (TPSA) is 49.8 Å². The Balaban J connectivity index is 2.79. The number of carboxylic acid groups (broad SMARTS) is 1. The van der Waals surface area contributed by atoms with Crippen LogP contribution in [-0.4, -0.2) is 48.3 Å². The summed E-state index contributed by atoms with van der Waals surface area (Å²) in [5.74, 6) is 0.0663. The van der Waals surface area contributed by atoms with E-state index in [9.17, 15) is 9.90 Å². The molecule has 0 aromatic heterocycles. The first-order valence-corrected chi connectivity index (χ1v) is 6.40. The molecule has 1 N–H and O–H groups in total. The third-order valence-electron chi connectivity index (χ3n) is 3.61. The molecule has 1 fully saturated rings. The highest BCUT2D eigenvalue weighted by molar-refractivity contribution is 5.79. The molecule has 0 spiro atoms. The number of nitrogens with zero attached hydrogens (tertiary/aromatic N) is 1. The molecule has 1 aliphatic carbocycles. The van der Waals surface area contributed by atoms with Gasteiger partial charge in [0.15, 0.2) is 0 Å². The molecule has 0 aromatic carbocycles. The molecule has 1 atom stereocenters. The van der Waals surface area contributed by atoms with Crippen molar-refractivity contribution >= 4 is 5.97 Å². The monoisotopic (exact) mass is 243 g/mol. The Morgan fingerprint density at radius 2 is 2.12 bits per heavy atom. The van der Waals surface area contributed by atoms with Crippen LogP contribution < -0.4 is 0 Å². The lowest BCUT2D eigenvalue weighted by Gasteiger charge is -2.39. The maximum atomic E-state index is 11.6. The number of aliphatic carboxylic acids is 1. The molecule has 4 heteroatoms. The molecule has 1 aliphatic rings. The van der Waals surface area contributed by atoms with Crippen LogP contribution in [0.4, 0.5) is 0 Å². The second-order valence-electron chi connectivity index (χ2n) is 5.56. The van der Waals surface area contributed by atoms with Gasteiger partial charge in [-0.05, 0) is 31.6 Å². The highest BCUT2D eigenvalue weighted by Gasteiger charge is 2.51. The van der Waals surface area contributed by atoms with Gasteiger partial charge in [-0.15, -0.1) is 0 Å². The van der Waals surface area contributed by atoms with Crippen LogP contribution in [0.25, 0.3) is 0 Å². The zero-order valence-corrected chi connectivity index (χ0v) is 11.4. The van der Waals surface area contributed by atoms with Gasteiger partial charge in [-0.3, -0.25) is 9.69 Å². The van der Waals surface area contributed by atoms with E-state index in [-0.39, 0.29) is 0 Å². The number of ether oxygens (including phenoxy) is 1. The van der Waals surface area contributed by atoms with E-state index in [1.807, 2.05) is 6.92 Å². The maximum absolute atomic E-state index is 11.6. The fraction of sp³-hybridized carbons (Fsp3) is 0.923. The van der Waals surface area contributed by atoms with Gasteiger partial charge in [0.1, 0.15) is 5.54 Å². The number of hydrogen-bond acceptors (Lipinski definition) is 3. The molecule has 0 amide bonds. The second kappa shape index (κ2) is 5.83. The summed E-state index contributed by atoms with van der Waals surface area (Å²) in [6.07, 6.45) is 2.06. The van der Waals surface area contributed by atoms with E-state index >= 15 is 0 Å². The Labute approximate surface area is 104 Å². The van der Waals surface area contributed by atoms with Crippen molar-refractivity contribution in [2.45, 2.75) is 39.2 Å². The van der Waals surface area contributed by atoms with E-state index in [1.165, 1.54) is 0 Å². The predicted molar refractivity (Wildman–Crippen MR) is 67.1 cm³/mol. The smallest absolute Gasteiger partial charge is 0.324 e. The number of hydrogen-bond donors (Lipinski definition) is 1. The molecule has 0 bridgehead atoms. The van der Waals surface area contributed by atoms with Gasteiger partial charge in [0, 0.05) is 20.2 Å². The van der Waals surface area contributed by atoms with Crippen molar-refractivity contribution in [2.24, 2.45) is 11.8 Å². The van der Waals surface area contributed by atoms with Crippen LogP contribution in [0.2, 0.25) is 0 Å². The van der Waals surface area contributed by atoms with Gasteiger partial charge in [0.05, 0.1) is 6.61 Å². The summed E-state index contributed by atoms with van der Waals surface area (Å²) in [5, 5.41) is 9.54. The maximum Gasteiger partial charge on any atom is 0.324 e. The molecule has 1 saturated carbocycles. The second-order valence-corrected chi connectivity index (χ2v) is 5.56. The molecule has 0 heterocycles. The van der Waals surface area contributed by atoms with Gasteiger partial charge in [-0.25, -0.2) is 0 Å². The van der Waals surface area contributed by atoms with Crippen LogP contribution in [-0.2, 0) is 9.53 Å². The zero-order valence-electron chi connectivity index (χ0n) is 11.4. The van der Waals surface area contributed by atoms with Crippen LogP contribution in [0.15, 0.2) is 0 Å². The van der Waals surface area contributed by atoms with E-state index in [2.05, 4.69) is 18.7 Å². The van der Waals surface area contributed by atoms with Gasteiger partial charge in [-0.2, -0.15) is 0 Å². The first kappa shape index (κ1) is 14.5. The van der Waals surface area contributed by atoms with Gasteiger partial charge >= 0.3 is 5.97 Å². The highest BCUT2D eigenvalue weighted by Crippen LogP contribution is 2.43. The minimum Gasteiger partial charge on any atom is -0.480 e. The third-order valence-corrected chi connectivity index (χ3v) is 3.61. The van der Waals surface area contributed by atoms with Crippen LogP contribution in [0.1, 0.15) is 33.6 Å². The Bertz CT molecular complexity index is 263. The lowest BCUT2D eigenvalue weighted by atomic mass is 9.92. The van der Waals surface area contributed by atoms with E-state index in [4.69, 9.17) is 4.74 Å². The minimum atomic E-state index is -0.719. The Morgan fingerprint density at radius 3 is 2.47 bits per heavy atom. The molecule has 0 radical (unpaired) electrons. The van der Waals surface area contributed by atoms with E-state index in [1.54, 1.807) is 7.11 Å². The molecular weight excluding hydrogens is 218 g/mol. The van der Waals surface area contributed by atoms with Crippen molar-refractivity contribution < 1.29 is 14.6 Å². The standard InChI is InChI=1S/C13H25NO3/c1-10(2)9-14(7-8-17-4)13(3,12(15)16)11-5-6-11/h10-11H,5-9H2,1-4H3,(H,15,16). The molecule has 0 saturated heterocycles. The van der Waals surface area contributed by atoms with Crippen LogP contribution in [0.5, 0.6) is 0 Å². The quantitative estimate of drug-likeness (QED) is 0.707. The van der Waals surface area contributed by atoms with Crippen LogP contribution >= 0.6 is 0 Å². The SMILES string of the molecule is COCCN(CC(C)C)C(C)(C(=O)O)C1CC1. The molecule has 17 heavy (non-hydrogen) atoms. The molecule has 0 aliphatic heterocycles. The van der Waals surface area contributed by atoms with E-state index in [0.717, 1.165) is 19.4 Å². The van der Waals surface area contributed by atoms with Gasteiger partial charge in [-0.1, -0.05) is 13.8 Å². The summed E-state index contributed by atoms with van der Waals surface area (Å²) < 4.78 is 5.09. The molecule has 4 nitrogen and oxygen atoms in total. The number of methoxy groups -OCH3 is 1. The normalized spacial score (nSPS) is 19.6. The van der Waals surface area contributed by atoms with Crippen LogP contribution in [0.3, 0.4) is 0 Å². The Kier molecular flexibility index (Phi) is 4.95. The molecule has 1 unspecified atom stereocenters. The largest absolute Gasteiger partial charge is 0.480 e. The van der Waals surface area contributed by atoms with Crippen LogP contribution in [0, 0.1) is 11.8 Å². The average Bonchev–Trinajstić information content (AvgIpc) is 3.06. The molecule has 0 aromatic rings. The lowest BCUT2D eigenvalue weighted by molar-refractivity contribution is -0.153. The van der Waals surface area contributed by atoms with Crippen molar-refractivity contribution in [2.75, 3.05) is 26.8 Å².